The Bertz CT molecular complexity index is 612. The maximum absolute atomic E-state index is 8.99. The fourth-order valence-corrected chi connectivity index (χ4v) is 2.42. The van der Waals surface area contributed by atoms with Crippen LogP contribution < -0.4 is 9.47 Å². The first-order chi connectivity index (χ1) is 10.3. The molecule has 1 aliphatic heterocycles. The first-order valence-corrected chi connectivity index (χ1v) is 6.99. The van der Waals surface area contributed by atoms with Gasteiger partial charge < -0.3 is 14.6 Å². The molecule has 2 N–H and O–H groups in total. The third-order valence-electron chi connectivity index (χ3n) is 3.47. The van der Waals surface area contributed by atoms with Gasteiger partial charge in [-0.15, -0.1) is 0 Å². The largest absolute Gasteiger partial charge is 0.486 e. The smallest absolute Gasteiger partial charge is 0.162 e. The van der Waals surface area contributed by atoms with Crippen LogP contribution in [0, 0.1) is 0 Å². The number of hydrogen-bond acceptors (Lipinski definition) is 5. The van der Waals surface area contributed by atoms with Crippen molar-refractivity contribution in [2.24, 2.45) is 0 Å². The molecule has 1 aromatic heterocycles. The number of benzene rings is 1. The van der Waals surface area contributed by atoms with Crippen LogP contribution in [0.25, 0.3) is 11.3 Å². The molecule has 0 radical (unpaired) electrons. The maximum Gasteiger partial charge on any atom is 0.162 e. The van der Waals surface area contributed by atoms with Crippen molar-refractivity contribution in [3.05, 3.63) is 30.0 Å². The van der Waals surface area contributed by atoms with Crippen LogP contribution in [0.4, 0.5) is 0 Å². The summed E-state index contributed by atoms with van der Waals surface area (Å²) in [6.07, 6.45) is 1.82. The van der Waals surface area contributed by atoms with Crippen molar-refractivity contribution in [2.45, 2.75) is 6.54 Å². The van der Waals surface area contributed by atoms with Crippen LogP contribution >= 0.6 is 0 Å². The Balaban J connectivity index is 1.85. The molecule has 112 valence electrons. The van der Waals surface area contributed by atoms with E-state index in [1.54, 1.807) is 0 Å². The Morgan fingerprint density at radius 2 is 2.10 bits per heavy atom. The molecule has 0 spiro atoms. The van der Waals surface area contributed by atoms with Gasteiger partial charge in [0, 0.05) is 24.2 Å². The highest BCUT2D eigenvalue weighted by atomic mass is 16.6. The Hall–Kier alpha value is -2.05. The average molecular weight is 289 g/mol. The summed E-state index contributed by atoms with van der Waals surface area (Å²) in [7, 11) is 1.97. The van der Waals surface area contributed by atoms with Gasteiger partial charge in [0.05, 0.1) is 18.5 Å². The number of aromatic nitrogens is 2. The zero-order chi connectivity index (χ0) is 14.7. The van der Waals surface area contributed by atoms with Gasteiger partial charge in [-0.2, -0.15) is 5.10 Å². The zero-order valence-corrected chi connectivity index (χ0v) is 12.0. The van der Waals surface area contributed by atoms with Crippen LogP contribution in [0.5, 0.6) is 11.5 Å². The number of likely N-dealkylation sites (N-methyl/N-ethyl adjacent to an activating group) is 1. The highest BCUT2D eigenvalue weighted by Crippen LogP contribution is 2.34. The molecule has 0 bridgehead atoms. The van der Waals surface area contributed by atoms with E-state index in [4.69, 9.17) is 14.6 Å². The second kappa shape index (κ2) is 6.15. The molecule has 6 heteroatoms. The summed E-state index contributed by atoms with van der Waals surface area (Å²) in [5.41, 5.74) is 3.07. The number of H-pyrrole nitrogens is 1. The van der Waals surface area contributed by atoms with Crippen molar-refractivity contribution < 1.29 is 14.6 Å². The molecule has 2 heterocycles. The molecule has 0 atom stereocenters. The lowest BCUT2D eigenvalue weighted by atomic mass is 10.1. The van der Waals surface area contributed by atoms with E-state index in [2.05, 4.69) is 10.2 Å². The third kappa shape index (κ3) is 3.01. The standard InChI is InChI=1S/C15H19N3O3/c1-18(4-5-19)10-12-9-16-17-15(12)11-2-3-13-14(8-11)21-7-6-20-13/h2-3,8-9,19H,4-7,10H2,1H3,(H,16,17). The van der Waals surface area contributed by atoms with Crippen LogP contribution in [0.1, 0.15) is 5.56 Å². The van der Waals surface area contributed by atoms with E-state index in [0.29, 0.717) is 19.8 Å². The number of nitrogens with one attached hydrogen (secondary N) is 1. The minimum Gasteiger partial charge on any atom is -0.486 e. The monoisotopic (exact) mass is 289 g/mol. The van der Waals surface area contributed by atoms with Crippen molar-refractivity contribution in [1.29, 1.82) is 0 Å². The van der Waals surface area contributed by atoms with Gasteiger partial charge in [-0.3, -0.25) is 10.00 Å². The number of ether oxygens (including phenoxy) is 2. The van der Waals surface area contributed by atoms with Gasteiger partial charge in [0.15, 0.2) is 11.5 Å². The maximum atomic E-state index is 8.99. The van der Waals surface area contributed by atoms with Crippen molar-refractivity contribution in [1.82, 2.24) is 15.1 Å². The van der Waals surface area contributed by atoms with Crippen molar-refractivity contribution in [3.63, 3.8) is 0 Å². The lowest BCUT2D eigenvalue weighted by molar-refractivity contribution is 0.171. The fraction of sp³-hybridized carbons (Fsp3) is 0.400. The minimum atomic E-state index is 0.147. The van der Waals surface area contributed by atoms with E-state index in [-0.39, 0.29) is 6.61 Å². The third-order valence-corrected chi connectivity index (χ3v) is 3.47. The predicted octanol–water partition coefficient (Wildman–Crippen LogP) is 1.27. The molecule has 1 aromatic carbocycles. The lowest BCUT2D eigenvalue weighted by Gasteiger charge is -2.19. The summed E-state index contributed by atoms with van der Waals surface area (Å²) in [4.78, 5) is 2.05. The summed E-state index contributed by atoms with van der Waals surface area (Å²) in [5, 5.41) is 16.2. The van der Waals surface area contributed by atoms with Gasteiger partial charge in [-0.1, -0.05) is 0 Å². The first kappa shape index (κ1) is 13.9. The van der Waals surface area contributed by atoms with Crippen LogP contribution in [0.15, 0.2) is 24.4 Å². The summed E-state index contributed by atoms with van der Waals surface area (Å²) in [6.45, 7) is 2.67. The van der Waals surface area contributed by atoms with Crippen molar-refractivity contribution in [2.75, 3.05) is 33.4 Å². The van der Waals surface area contributed by atoms with Crippen LogP contribution in [0.2, 0.25) is 0 Å². The molecule has 3 rings (SSSR count). The number of nitrogens with zero attached hydrogens (tertiary/aromatic N) is 2. The molecule has 0 fully saturated rings. The van der Waals surface area contributed by atoms with Gasteiger partial charge in [-0.05, 0) is 25.2 Å². The number of aromatic amines is 1. The molecule has 0 aliphatic carbocycles. The summed E-state index contributed by atoms with van der Waals surface area (Å²) in [6, 6.07) is 5.89. The van der Waals surface area contributed by atoms with E-state index in [9.17, 15) is 0 Å². The van der Waals surface area contributed by atoms with Crippen LogP contribution in [-0.4, -0.2) is 53.6 Å². The summed E-state index contributed by atoms with van der Waals surface area (Å²) < 4.78 is 11.2. The van der Waals surface area contributed by atoms with E-state index < -0.39 is 0 Å². The predicted molar refractivity (Wildman–Crippen MR) is 78.4 cm³/mol. The Morgan fingerprint density at radius 1 is 1.29 bits per heavy atom. The van der Waals surface area contributed by atoms with Crippen LogP contribution in [-0.2, 0) is 6.54 Å². The van der Waals surface area contributed by atoms with E-state index in [1.165, 1.54) is 0 Å². The fourth-order valence-electron chi connectivity index (χ4n) is 2.42. The Morgan fingerprint density at radius 3 is 2.90 bits per heavy atom. The number of hydrogen-bond donors (Lipinski definition) is 2. The highest BCUT2D eigenvalue weighted by molar-refractivity contribution is 5.66. The highest BCUT2D eigenvalue weighted by Gasteiger charge is 2.15. The lowest BCUT2D eigenvalue weighted by Crippen LogP contribution is -2.21. The molecule has 0 saturated heterocycles. The van der Waals surface area contributed by atoms with Gasteiger partial charge >= 0.3 is 0 Å². The van der Waals surface area contributed by atoms with Gasteiger partial charge in [0.2, 0.25) is 0 Å². The SMILES string of the molecule is CN(CCO)Cc1cn[nH]c1-c1ccc2c(c1)OCCO2. The topological polar surface area (TPSA) is 70.6 Å². The first-order valence-electron chi connectivity index (χ1n) is 6.99. The molecule has 21 heavy (non-hydrogen) atoms. The molecule has 6 nitrogen and oxygen atoms in total. The quantitative estimate of drug-likeness (QED) is 0.867. The summed E-state index contributed by atoms with van der Waals surface area (Å²) >= 11 is 0. The summed E-state index contributed by atoms with van der Waals surface area (Å²) in [5.74, 6) is 1.55. The van der Waals surface area contributed by atoms with Gasteiger partial charge in [0.25, 0.3) is 0 Å². The van der Waals surface area contributed by atoms with Crippen molar-refractivity contribution >= 4 is 0 Å². The number of aliphatic hydroxyl groups excluding tert-OH is 1. The van der Waals surface area contributed by atoms with Gasteiger partial charge in [-0.25, -0.2) is 0 Å². The molecule has 2 aromatic rings. The molecule has 0 unspecified atom stereocenters. The normalized spacial score (nSPS) is 13.7. The number of aliphatic hydroxyl groups is 1. The zero-order valence-electron chi connectivity index (χ0n) is 12.0. The molecule has 1 aliphatic rings. The second-order valence-electron chi connectivity index (χ2n) is 5.09. The molecule has 0 saturated carbocycles. The number of rotatable bonds is 5. The van der Waals surface area contributed by atoms with Gasteiger partial charge in [0.1, 0.15) is 13.2 Å². The minimum absolute atomic E-state index is 0.147. The Kier molecular flexibility index (Phi) is 4.08. The molecule has 0 amide bonds. The number of fused-ring (bicyclic) bond motifs is 1. The second-order valence-corrected chi connectivity index (χ2v) is 5.09. The van der Waals surface area contributed by atoms with E-state index >= 15 is 0 Å². The molecular formula is C15H19N3O3. The van der Waals surface area contributed by atoms with Crippen LogP contribution in [0.3, 0.4) is 0 Å². The van der Waals surface area contributed by atoms with Crippen molar-refractivity contribution in [3.8, 4) is 22.8 Å². The Labute approximate surface area is 123 Å². The van der Waals surface area contributed by atoms with E-state index in [0.717, 1.165) is 34.9 Å². The molecular weight excluding hydrogens is 270 g/mol. The van der Waals surface area contributed by atoms with E-state index in [1.807, 2.05) is 36.3 Å². The average Bonchev–Trinajstić information content (AvgIpc) is 2.95.